The largest absolute Gasteiger partial charge is 0.380 e. The number of nitrogens with zero attached hydrogens (tertiary/aromatic N) is 1. The summed E-state index contributed by atoms with van der Waals surface area (Å²) in [5.74, 6) is 0.773. The first-order valence-corrected chi connectivity index (χ1v) is 6.63. The van der Waals surface area contributed by atoms with Crippen LogP contribution in [0, 0.1) is 5.92 Å². The highest BCUT2D eigenvalue weighted by Gasteiger charge is 2.38. The zero-order chi connectivity index (χ0) is 13.0. The van der Waals surface area contributed by atoms with Crippen molar-refractivity contribution in [3.05, 3.63) is 0 Å². The van der Waals surface area contributed by atoms with Crippen molar-refractivity contribution < 1.29 is 9.53 Å². The van der Waals surface area contributed by atoms with Crippen LogP contribution in [0.25, 0.3) is 0 Å². The molecule has 1 fully saturated rings. The average molecular weight is 242 g/mol. The van der Waals surface area contributed by atoms with Gasteiger partial charge in [-0.05, 0) is 33.1 Å². The summed E-state index contributed by atoms with van der Waals surface area (Å²) in [6.45, 7) is 11.6. The monoisotopic (exact) mass is 242 g/mol. The van der Waals surface area contributed by atoms with E-state index in [4.69, 9.17) is 4.74 Å². The highest BCUT2D eigenvalue weighted by atomic mass is 16.5. The molecule has 3 unspecified atom stereocenters. The fraction of sp³-hybridized carbons (Fsp3) is 0.923. The molecular weight excluding hydrogens is 216 g/mol. The van der Waals surface area contributed by atoms with E-state index in [1.54, 1.807) is 0 Å². The maximum Gasteiger partial charge on any atom is 0.241 e. The Kier molecular flexibility index (Phi) is 5.40. The quantitative estimate of drug-likeness (QED) is 0.769. The minimum atomic E-state index is -0.0668. The molecule has 1 aliphatic heterocycles. The van der Waals surface area contributed by atoms with E-state index in [0.29, 0.717) is 19.1 Å². The summed E-state index contributed by atoms with van der Waals surface area (Å²) in [6.07, 6.45) is 1.15. The molecule has 0 aromatic rings. The zero-order valence-electron chi connectivity index (χ0n) is 11.7. The van der Waals surface area contributed by atoms with E-state index in [-0.39, 0.29) is 24.2 Å². The minimum absolute atomic E-state index is 0.0668. The lowest BCUT2D eigenvalue weighted by atomic mass is 10.1. The Bertz CT molecular complexity index is 256. The van der Waals surface area contributed by atoms with Crippen molar-refractivity contribution in [2.24, 2.45) is 5.92 Å². The third-order valence-corrected chi connectivity index (χ3v) is 3.14. The van der Waals surface area contributed by atoms with Gasteiger partial charge in [0, 0.05) is 6.61 Å². The van der Waals surface area contributed by atoms with Crippen LogP contribution in [0.4, 0.5) is 0 Å². The first-order chi connectivity index (χ1) is 7.97. The number of amides is 1. The lowest BCUT2D eigenvalue weighted by molar-refractivity contribution is -0.133. The third kappa shape index (κ3) is 3.68. The number of hydrogen-bond donors (Lipinski definition) is 1. The number of hydrogen-bond acceptors (Lipinski definition) is 3. The maximum absolute atomic E-state index is 12.1. The predicted molar refractivity (Wildman–Crippen MR) is 68.6 cm³/mol. The van der Waals surface area contributed by atoms with Crippen molar-refractivity contribution in [2.75, 3.05) is 13.2 Å². The van der Waals surface area contributed by atoms with Gasteiger partial charge in [0.25, 0.3) is 0 Å². The molecule has 1 saturated heterocycles. The Morgan fingerprint density at radius 2 is 2.06 bits per heavy atom. The van der Waals surface area contributed by atoms with Crippen molar-refractivity contribution in [3.8, 4) is 0 Å². The van der Waals surface area contributed by atoms with Gasteiger partial charge in [-0.2, -0.15) is 0 Å². The standard InChI is InChI=1S/C13H26N2O2/c1-6-17-8-10(4)15-12(7-9(2)3)14-11(5)13(15)16/h9-12,14H,6-8H2,1-5H3. The minimum Gasteiger partial charge on any atom is -0.380 e. The van der Waals surface area contributed by atoms with Gasteiger partial charge in [0.15, 0.2) is 0 Å². The van der Waals surface area contributed by atoms with E-state index in [9.17, 15) is 4.79 Å². The van der Waals surface area contributed by atoms with Crippen molar-refractivity contribution >= 4 is 5.91 Å². The summed E-state index contributed by atoms with van der Waals surface area (Å²) in [5, 5.41) is 3.36. The Morgan fingerprint density at radius 1 is 1.41 bits per heavy atom. The molecule has 4 nitrogen and oxygen atoms in total. The van der Waals surface area contributed by atoms with Crippen LogP contribution in [-0.4, -0.2) is 42.3 Å². The molecule has 3 atom stereocenters. The van der Waals surface area contributed by atoms with Crippen LogP contribution in [0.1, 0.15) is 41.0 Å². The second kappa shape index (κ2) is 6.36. The topological polar surface area (TPSA) is 41.6 Å². The molecule has 100 valence electrons. The molecule has 0 saturated carbocycles. The SMILES string of the molecule is CCOCC(C)N1C(=O)C(C)NC1CC(C)C. The summed E-state index contributed by atoms with van der Waals surface area (Å²) >= 11 is 0. The molecule has 0 radical (unpaired) electrons. The maximum atomic E-state index is 12.1. The normalized spacial score (nSPS) is 26.9. The van der Waals surface area contributed by atoms with Crippen LogP contribution in [0.15, 0.2) is 0 Å². The van der Waals surface area contributed by atoms with Gasteiger partial charge >= 0.3 is 0 Å². The molecular formula is C13H26N2O2. The molecule has 1 N–H and O–H groups in total. The van der Waals surface area contributed by atoms with Gasteiger partial charge in [0.05, 0.1) is 24.9 Å². The van der Waals surface area contributed by atoms with Crippen molar-refractivity contribution in [2.45, 2.75) is 59.3 Å². The highest BCUT2D eigenvalue weighted by Crippen LogP contribution is 2.20. The summed E-state index contributed by atoms with van der Waals surface area (Å²) in [6, 6.07) is 0.0754. The van der Waals surface area contributed by atoms with E-state index in [2.05, 4.69) is 26.1 Å². The molecule has 0 aromatic heterocycles. The van der Waals surface area contributed by atoms with E-state index in [1.165, 1.54) is 0 Å². The molecule has 1 heterocycles. The molecule has 1 amide bonds. The molecule has 0 bridgehead atoms. The molecule has 0 spiro atoms. The average Bonchev–Trinajstić information content (AvgIpc) is 2.50. The first-order valence-electron chi connectivity index (χ1n) is 6.63. The van der Waals surface area contributed by atoms with Crippen molar-refractivity contribution in [1.82, 2.24) is 10.2 Å². The highest BCUT2D eigenvalue weighted by molar-refractivity contribution is 5.84. The van der Waals surface area contributed by atoms with Crippen molar-refractivity contribution in [3.63, 3.8) is 0 Å². The fourth-order valence-electron chi connectivity index (χ4n) is 2.34. The Morgan fingerprint density at radius 3 is 2.59 bits per heavy atom. The molecule has 1 aliphatic rings. The van der Waals surface area contributed by atoms with Gasteiger partial charge < -0.3 is 9.64 Å². The lowest BCUT2D eigenvalue weighted by Gasteiger charge is -2.31. The predicted octanol–water partition coefficient (Wildman–Crippen LogP) is 1.60. The Labute approximate surface area is 105 Å². The van der Waals surface area contributed by atoms with Gasteiger partial charge in [-0.3, -0.25) is 10.1 Å². The van der Waals surface area contributed by atoms with Crippen LogP contribution in [-0.2, 0) is 9.53 Å². The lowest BCUT2D eigenvalue weighted by Crippen LogP contribution is -2.46. The van der Waals surface area contributed by atoms with Gasteiger partial charge in [-0.1, -0.05) is 13.8 Å². The molecule has 17 heavy (non-hydrogen) atoms. The Hall–Kier alpha value is -0.610. The van der Waals surface area contributed by atoms with Gasteiger partial charge in [0.1, 0.15) is 0 Å². The summed E-state index contributed by atoms with van der Waals surface area (Å²) in [5.41, 5.74) is 0. The van der Waals surface area contributed by atoms with E-state index in [0.717, 1.165) is 6.42 Å². The Balaban J connectivity index is 2.65. The zero-order valence-corrected chi connectivity index (χ0v) is 11.7. The van der Waals surface area contributed by atoms with Crippen LogP contribution in [0.5, 0.6) is 0 Å². The van der Waals surface area contributed by atoms with Gasteiger partial charge in [0.2, 0.25) is 5.91 Å². The second-order valence-corrected chi connectivity index (χ2v) is 5.29. The van der Waals surface area contributed by atoms with E-state index < -0.39 is 0 Å². The number of ether oxygens (including phenoxy) is 1. The third-order valence-electron chi connectivity index (χ3n) is 3.14. The summed E-state index contributed by atoms with van der Waals surface area (Å²) < 4.78 is 5.42. The van der Waals surface area contributed by atoms with Crippen LogP contribution >= 0.6 is 0 Å². The van der Waals surface area contributed by atoms with Crippen LogP contribution < -0.4 is 5.32 Å². The summed E-state index contributed by atoms with van der Waals surface area (Å²) in [7, 11) is 0. The van der Waals surface area contributed by atoms with Crippen LogP contribution in [0.2, 0.25) is 0 Å². The number of rotatable bonds is 6. The van der Waals surface area contributed by atoms with Crippen LogP contribution in [0.3, 0.4) is 0 Å². The number of carbonyl (C=O) groups excluding carboxylic acids is 1. The molecule has 4 heteroatoms. The van der Waals surface area contributed by atoms with Gasteiger partial charge in [-0.15, -0.1) is 0 Å². The fourth-order valence-corrected chi connectivity index (χ4v) is 2.34. The molecule has 0 aromatic carbocycles. The second-order valence-electron chi connectivity index (χ2n) is 5.29. The first kappa shape index (κ1) is 14.5. The smallest absolute Gasteiger partial charge is 0.241 e. The van der Waals surface area contributed by atoms with E-state index in [1.807, 2.05) is 18.7 Å². The number of nitrogens with one attached hydrogen (secondary N) is 1. The van der Waals surface area contributed by atoms with Crippen molar-refractivity contribution in [1.29, 1.82) is 0 Å². The number of carbonyl (C=O) groups is 1. The summed E-state index contributed by atoms with van der Waals surface area (Å²) in [4.78, 5) is 14.1. The molecule has 1 rings (SSSR count). The van der Waals surface area contributed by atoms with Gasteiger partial charge in [-0.25, -0.2) is 0 Å². The molecule has 0 aliphatic carbocycles. The van der Waals surface area contributed by atoms with E-state index >= 15 is 0 Å².